The average molecular weight is 288 g/mol. The lowest BCUT2D eigenvalue weighted by molar-refractivity contribution is -0.0460. The molecule has 0 amide bonds. The Morgan fingerprint density at radius 2 is 2.42 bits per heavy atom. The first-order valence-corrected chi connectivity index (χ1v) is 6.40. The lowest BCUT2D eigenvalue weighted by Gasteiger charge is -2.15. The first-order chi connectivity index (χ1) is 9.06. The van der Waals surface area contributed by atoms with Crippen molar-refractivity contribution < 1.29 is 19.7 Å². The minimum absolute atomic E-state index is 0.223. The summed E-state index contributed by atoms with van der Waals surface area (Å²) in [5.41, 5.74) is -0.441. The largest absolute Gasteiger partial charge is 0.489 e. The fourth-order valence-corrected chi connectivity index (χ4v) is 2.19. The summed E-state index contributed by atoms with van der Waals surface area (Å²) in [7, 11) is 0. The van der Waals surface area contributed by atoms with E-state index in [0.29, 0.717) is 12.4 Å². The molecule has 1 fully saturated rings. The lowest BCUT2D eigenvalue weighted by Crippen LogP contribution is -2.28. The van der Waals surface area contributed by atoms with Crippen molar-refractivity contribution in [3.63, 3.8) is 0 Å². The molecule has 19 heavy (non-hydrogen) atoms. The number of aromatic nitrogens is 2. The minimum Gasteiger partial charge on any atom is -0.489 e. The summed E-state index contributed by atoms with van der Waals surface area (Å²) < 4.78 is 12.2. The third kappa shape index (κ3) is 2.86. The monoisotopic (exact) mass is 288 g/mol. The molecule has 7 nitrogen and oxygen atoms in total. The number of H-pyrrole nitrogens is 1. The highest BCUT2D eigenvalue weighted by Crippen LogP contribution is 2.28. The van der Waals surface area contributed by atoms with Gasteiger partial charge in [-0.1, -0.05) is 12.2 Å². The third-order valence-corrected chi connectivity index (χ3v) is 3.23. The van der Waals surface area contributed by atoms with Gasteiger partial charge in [-0.15, -0.1) is 0 Å². The van der Waals surface area contributed by atoms with Gasteiger partial charge in [0.2, 0.25) is 0 Å². The van der Waals surface area contributed by atoms with Gasteiger partial charge in [0.25, 0.3) is 0 Å². The van der Waals surface area contributed by atoms with Crippen LogP contribution >= 0.6 is 12.2 Å². The standard InChI is InChI=1S/C11H16N2O5S/c1-2-17-7-4-13(11(16)12-10(7)19)9-3-6(15)8(5-14)18-9/h4,6,8-9,14-15H,2-3,5H2,1H3,(H,12,16,19)/t6-,8+,9-/m1/s1. The van der Waals surface area contributed by atoms with Crippen LogP contribution in [0.3, 0.4) is 0 Å². The number of hydrogen-bond acceptors (Lipinski definition) is 6. The number of hydrogen-bond donors (Lipinski definition) is 3. The van der Waals surface area contributed by atoms with Gasteiger partial charge in [-0.25, -0.2) is 4.79 Å². The van der Waals surface area contributed by atoms with Crippen molar-refractivity contribution in [3.05, 3.63) is 21.3 Å². The topological polar surface area (TPSA) is 96.7 Å². The van der Waals surface area contributed by atoms with E-state index in [9.17, 15) is 9.90 Å². The number of nitrogens with one attached hydrogen (secondary N) is 1. The number of ether oxygens (including phenoxy) is 2. The molecule has 3 N–H and O–H groups in total. The van der Waals surface area contributed by atoms with E-state index >= 15 is 0 Å². The van der Waals surface area contributed by atoms with E-state index in [2.05, 4.69) is 4.98 Å². The molecular weight excluding hydrogens is 272 g/mol. The summed E-state index contributed by atoms with van der Waals surface area (Å²) in [6.07, 6.45) is -0.453. The molecule has 0 aliphatic carbocycles. The van der Waals surface area contributed by atoms with Gasteiger partial charge >= 0.3 is 5.69 Å². The summed E-state index contributed by atoms with van der Waals surface area (Å²) in [4.78, 5) is 14.3. The summed E-state index contributed by atoms with van der Waals surface area (Å²) >= 11 is 4.98. The van der Waals surface area contributed by atoms with Crippen LogP contribution in [0.25, 0.3) is 0 Å². The van der Waals surface area contributed by atoms with Gasteiger partial charge in [-0.3, -0.25) is 9.55 Å². The van der Waals surface area contributed by atoms with Gasteiger partial charge in [-0.05, 0) is 6.92 Å². The van der Waals surface area contributed by atoms with E-state index < -0.39 is 24.1 Å². The predicted octanol–water partition coefficient (Wildman–Crippen LogP) is -0.0547. The van der Waals surface area contributed by atoms with E-state index in [1.807, 2.05) is 6.92 Å². The molecule has 2 heterocycles. The van der Waals surface area contributed by atoms with Crippen molar-refractivity contribution >= 4 is 12.2 Å². The summed E-state index contributed by atoms with van der Waals surface area (Å²) in [6.45, 7) is 1.93. The Kier molecular flexibility index (Phi) is 4.35. The zero-order valence-electron chi connectivity index (χ0n) is 10.4. The normalized spacial score (nSPS) is 26.6. The average Bonchev–Trinajstić information content (AvgIpc) is 2.74. The van der Waals surface area contributed by atoms with Crippen LogP contribution in [-0.2, 0) is 4.74 Å². The quantitative estimate of drug-likeness (QED) is 0.672. The number of aliphatic hydroxyl groups excluding tert-OH is 2. The van der Waals surface area contributed by atoms with Crippen LogP contribution in [0, 0.1) is 4.64 Å². The molecule has 3 atom stereocenters. The van der Waals surface area contributed by atoms with Crippen molar-refractivity contribution in [1.82, 2.24) is 9.55 Å². The summed E-state index contributed by atoms with van der Waals surface area (Å²) in [5, 5.41) is 18.7. The first kappa shape index (κ1) is 14.2. The van der Waals surface area contributed by atoms with Crippen molar-refractivity contribution in [2.24, 2.45) is 0 Å². The van der Waals surface area contributed by atoms with Crippen LogP contribution in [0.4, 0.5) is 0 Å². The molecule has 2 rings (SSSR count). The zero-order chi connectivity index (χ0) is 14.0. The maximum atomic E-state index is 11.8. The molecule has 0 bridgehead atoms. The van der Waals surface area contributed by atoms with Gasteiger partial charge in [0.05, 0.1) is 25.5 Å². The van der Waals surface area contributed by atoms with Crippen molar-refractivity contribution in [3.8, 4) is 5.75 Å². The highest BCUT2D eigenvalue weighted by Gasteiger charge is 2.35. The Bertz CT molecular complexity index is 555. The van der Waals surface area contributed by atoms with E-state index in [4.69, 9.17) is 26.8 Å². The van der Waals surface area contributed by atoms with Gasteiger partial charge in [0, 0.05) is 6.42 Å². The Morgan fingerprint density at radius 3 is 3.00 bits per heavy atom. The first-order valence-electron chi connectivity index (χ1n) is 5.99. The number of nitrogens with zero attached hydrogens (tertiary/aromatic N) is 1. The molecule has 106 valence electrons. The Balaban J connectivity index is 2.33. The Morgan fingerprint density at radius 1 is 1.68 bits per heavy atom. The highest BCUT2D eigenvalue weighted by molar-refractivity contribution is 7.71. The number of rotatable bonds is 4. The summed E-state index contributed by atoms with van der Waals surface area (Å²) in [5.74, 6) is 0.377. The Labute approximate surface area is 114 Å². The van der Waals surface area contributed by atoms with Gasteiger partial charge in [-0.2, -0.15) is 0 Å². The fraction of sp³-hybridized carbons (Fsp3) is 0.636. The minimum atomic E-state index is -0.805. The molecule has 1 saturated heterocycles. The molecular formula is C11H16N2O5S. The number of aromatic amines is 1. The fourth-order valence-electron chi connectivity index (χ4n) is 1.99. The zero-order valence-corrected chi connectivity index (χ0v) is 11.2. The molecule has 1 aromatic rings. The van der Waals surface area contributed by atoms with Crippen LogP contribution in [-0.4, -0.2) is 45.2 Å². The lowest BCUT2D eigenvalue weighted by atomic mass is 10.2. The highest BCUT2D eigenvalue weighted by atomic mass is 32.1. The van der Waals surface area contributed by atoms with Crippen LogP contribution < -0.4 is 10.4 Å². The molecule has 0 spiro atoms. The molecule has 0 radical (unpaired) electrons. The van der Waals surface area contributed by atoms with Gasteiger partial charge in [0.1, 0.15) is 12.3 Å². The van der Waals surface area contributed by atoms with E-state index in [1.54, 1.807) is 0 Å². The number of aliphatic hydroxyl groups is 2. The van der Waals surface area contributed by atoms with Crippen LogP contribution in [0.5, 0.6) is 5.75 Å². The van der Waals surface area contributed by atoms with Gasteiger partial charge < -0.3 is 19.7 Å². The van der Waals surface area contributed by atoms with Crippen LogP contribution in [0.15, 0.2) is 11.0 Å². The van der Waals surface area contributed by atoms with E-state index in [1.165, 1.54) is 10.8 Å². The smallest absolute Gasteiger partial charge is 0.328 e. The van der Waals surface area contributed by atoms with Crippen molar-refractivity contribution in [1.29, 1.82) is 0 Å². The van der Waals surface area contributed by atoms with Crippen molar-refractivity contribution in [2.75, 3.05) is 13.2 Å². The maximum absolute atomic E-state index is 11.8. The van der Waals surface area contributed by atoms with Crippen LogP contribution in [0.1, 0.15) is 19.6 Å². The SMILES string of the molecule is CCOc1cn([C@H]2C[C@@H](O)[C@H](CO)O2)c(=O)[nH]c1=S. The predicted molar refractivity (Wildman–Crippen MR) is 68.7 cm³/mol. The molecule has 1 aromatic heterocycles. The van der Waals surface area contributed by atoms with Crippen LogP contribution in [0.2, 0.25) is 0 Å². The van der Waals surface area contributed by atoms with Gasteiger partial charge in [0.15, 0.2) is 10.4 Å². The summed E-state index contributed by atoms with van der Waals surface area (Å²) in [6, 6.07) is 0. The third-order valence-electron chi connectivity index (χ3n) is 2.93. The molecule has 0 saturated carbocycles. The molecule has 0 unspecified atom stereocenters. The second-order valence-corrected chi connectivity index (χ2v) is 4.62. The second kappa shape index (κ2) is 5.83. The maximum Gasteiger partial charge on any atom is 0.328 e. The van der Waals surface area contributed by atoms with E-state index in [0.717, 1.165) is 0 Å². The molecule has 1 aliphatic rings. The molecule has 0 aromatic carbocycles. The van der Waals surface area contributed by atoms with E-state index in [-0.39, 0.29) is 17.7 Å². The second-order valence-electron chi connectivity index (χ2n) is 4.21. The molecule has 8 heteroatoms. The van der Waals surface area contributed by atoms with Crippen molar-refractivity contribution in [2.45, 2.75) is 31.8 Å². The molecule has 1 aliphatic heterocycles. The Hall–Kier alpha value is -1.22.